The first-order chi connectivity index (χ1) is 7.58. The molecule has 0 unspecified atom stereocenters. The van der Waals surface area contributed by atoms with Gasteiger partial charge in [-0.15, -0.1) is 0 Å². The van der Waals surface area contributed by atoms with Gasteiger partial charge in [0.25, 0.3) is 0 Å². The molecule has 0 amide bonds. The van der Waals surface area contributed by atoms with E-state index in [1.165, 1.54) is 12.8 Å². The van der Waals surface area contributed by atoms with Crippen LogP contribution in [0.15, 0.2) is 18.2 Å². The predicted molar refractivity (Wildman–Crippen MR) is 70.0 cm³/mol. The molecule has 88 valence electrons. The van der Waals surface area contributed by atoms with E-state index in [0.717, 1.165) is 28.6 Å². The number of hydrogen-bond acceptors (Lipinski definition) is 2. The molecule has 0 radical (unpaired) electrons. The minimum Gasteiger partial charge on any atom is -0.378 e. The van der Waals surface area contributed by atoms with Crippen LogP contribution < -0.4 is 10.6 Å². The largest absolute Gasteiger partial charge is 0.378 e. The van der Waals surface area contributed by atoms with Crippen molar-refractivity contribution in [3.63, 3.8) is 0 Å². The molecule has 3 heteroatoms. The molecular formula is C13H19ClN2. The summed E-state index contributed by atoms with van der Waals surface area (Å²) in [4.78, 5) is 2.04. The Bertz CT molecular complexity index is 372. The molecule has 2 rings (SSSR count). The second-order valence-electron chi connectivity index (χ2n) is 4.89. The topological polar surface area (TPSA) is 29.3 Å². The van der Waals surface area contributed by atoms with Gasteiger partial charge in [-0.2, -0.15) is 0 Å². The van der Waals surface area contributed by atoms with Gasteiger partial charge < -0.3 is 10.6 Å². The second kappa shape index (κ2) is 4.64. The van der Waals surface area contributed by atoms with Gasteiger partial charge in [-0.3, -0.25) is 0 Å². The number of halogens is 1. The Hall–Kier alpha value is -0.730. The smallest absolute Gasteiger partial charge is 0.0474 e. The third kappa shape index (κ3) is 2.69. The Balaban J connectivity index is 2.14. The SMILES string of the molecule is CN(C)c1ccc([C@H](N)CC2CC2)c(Cl)c1. The third-order valence-electron chi connectivity index (χ3n) is 3.18. The molecule has 0 bridgehead atoms. The maximum atomic E-state index is 6.27. The van der Waals surface area contributed by atoms with Crippen LogP contribution in [0.4, 0.5) is 5.69 Å². The van der Waals surface area contributed by atoms with Crippen molar-refractivity contribution in [2.24, 2.45) is 11.7 Å². The Labute approximate surface area is 102 Å². The number of nitrogens with two attached hydrogens (primary N) is 1. The fourth-order valence-corrected chi connectivity index (χ4v) is 2.25. The zero-order chi connectivity index (χ0) is 11.7. The normalized spacial score (nSPS) is 17.2. The monoisotopic (exact) mass is 238 g/mol. The first-order valence-electron chi connectivity index (χ1n) is 5.80. The highest BCUT2D eigenvalue weighted by Crippen LogP contribution is 2.38. The summed E-state index contributed by atoms with van der Waals surface area (Å²) in [5, 5.41) is 0.791. The van der Waals surface area contributed by atoms with E-state index >= 15 is 0 Å². The summed E-state index contributed by atoms with van der Waals surface area (Å²) in [6.07, 6.45) is 3.74. The van der Waals surface area contributed by atoms with Crippen LogP contribution in [0.1, 0.15) is 30.9 Å². The Kier molecular flexibility index (Phi) is 3.41. The molecule has 0 spiro atoms. The zero-order valence-electron chi connectivity index (χ0n) is 9.91. The van der Waals surface area contributed by atoms with E-state index in [0.29, 0.717) is 0 Å². The lowest BCUT2D eigenvalue weighted by molar-refractivity contribution is 0.597. The Morgan fingerprint density at radius 1 is 1.44 bits per heavy atom. The second-order valence-corrected chi connectivity index (χ2v) is 5.29. The van der Waals surface area contributed by atoms with E-state index in [1.807, 2.05) is 25.1 Å². The van der Waals surface area contributed by atoms with E-state index in [-0.39, 0.29) is 6.04 Å². The van der Waals surface area contributed by atoms with Crippen molar-refractivity contribution in [3.8, 4) is 0 Å². The van der Waals surface area contributed by atoms with Crippen LogP contribution >= 0.6 is 11.6 Å². The van der Waals surface area contributed by atoms with Crippen molar-refractivity contribution < 1.29 is 0 Å². The Morgan fingerprint density at radius 3 is 2.62 bits per heavy atom. The highest BCUT2D eigenvalue weighted by molar-refractivity contribution is 6.31. The molecular weight excluding hydrogens is 220 g/mol. The lowest BCUT2D eigenvalue weighted by atomic mass is 10.0. The average Bonchev–Trinajstić information content (AvgIpc) is 3.01. The molecule has 1 fully saturated rings. The molecule has 2 N–H and O–H groups in total. The van der Waals surface area contributed by atoms with Crippen molar-refractivity contribution in [3.05, 3.63) is 28.8 Å². The van der Waals surface area contributed by atoms with Crippen molar-refractivity contribution in [2.45, 2.75) is 25.3 Å². The van der Waals surface area contributed by atoms with Gasteiger partial charge >= 0.3 is 0 Å². The number of rotatable bonds is 4. The van der Waals surface area contributed by atoms with Gasteiger partial charge in [0.2, 0.25) is 0 Å². The van der Waals surface area contributed by atoms with Crippen molar-refractivity contribution in [1.29, 1.82) is 0 Å². The fraction of sp³-hybridized carbons (Fsp3) is 0.538. The standard InChI is InChI=1S/C13H19ClN2/c1-16(2)10-5-6-11(12(14)8-10)13(15)7-9-3-4-9/h5-6,8-9,13H,3-4,7,15H2,1-2H3/t13-/m1/s1. The van der Waals surface area contributed by atoms with E-state index < -0.39 is 0 Å². The molecule has 2 nitrogen and oxygen atoms in total. The molecule has 1 aliphatic rings. The number of benzene rings is 1. The molecule has 1 aliphatic carbocycles. The average molecular weight is 239 g/mol. The maximum Gasteiger partial charge on any atom is 0.0474 e. The van der Waals surface area contributed by atoms with E-state index in [2.05, 4.69) is 12.1 Å². The quantitative estimate of drug-likeness (QED) is 0.873. The minimum atomic E-state index is 0.0937. The van der Waals surface area contributed by atoms with E-state index in [1.54, 1.807) is 0 Å². The number of nitrogens with zero attached hydrogens (tertiary/aromatic N) is 1. The lowest BCUT2D eigenvalue weighted by Gasteiger charge is -2.17. The van der Waals surface area contributed by atoms with Gasteiger partial charge in [-0.1, -0.05) is 30.5 Å². The minimum absolute atomic E-state index is 0.0937. The van der Waals surface area contributed by atoms with Crippen LogP contribution in [0.3, 0.4) is 0 Å². The van der Waals surface area contributed by atoms with Crippen molar-refractivity contribution in [1.82, 2.24) is 0 Å². The van der Waals surface area contributed by atoms with Crippen molar-refractivity contribution >= 4 is 17.3 Å². The highest BCUT2D eigenvalue weighted by Gasteiger charge is 2.25. The molecule has 1 atom stereocenters. The number of hydrogen-bond donors (Lipinski definition) is 1. The van der Waals surface area contributed by atoms with Crippen LogP contribution in [-0.4, -0.2) is 14.1 Å². The highest BCUT2D eigenvalue weighted by atomic mass is 35.5. The number of anilines is 1. The van der Waals surface area contributed by atoms with Crippen LogP contribution in [0, 0.1) is 5.92 Å². The fourth-order valence-electron chi connectivity index (χ4n) is 1.93. The van der Waals surface area contributed by atoms with Crippen molar-refractivity contribution in [2.75, 3.05) is 19.0 Å². The van der Waals surface area contributed by atoms with Gasteiger partial charge in [0, 0.05) is 30.8 Å². The molecule has 1 saturated carbocycles. The predicted octanol–water partition coefficient (Wildman–Crippen LogP) is 3.21. The first kappa shape index (κ1) is 11.7. The molecule has 0 heterocycles. The lowest BCUT2D eigenvalue weighted by Crippen LogP contribution is -2.13. The third-order valence-corrected chi connectivity index (χ3v) is 3.51. The summed E-state index contributed by atoms with van der Waals surface area (Å²) >= 11 is 6.27. The summed E-state index contributed by atoms with van der Waals surface area (Å²) in [6.45, 7) is 0. The van der Waals surface area contributed by atoms with Crippen LogP contribution in [0.2, 0.25) is 5.02 Å². The van der Waals surface area contributed by atoms with Crippen LogP contribution in [-0.2, 0) is 0 Å². The maximum absolute atomic E-state index is 6.27. The summed E-state index contributed by atoms with van der Waals surface area (Å²) < 4.78 is 0. The van der Waals surface area contributed by atoms with Gasteiger partial charge in [0.1, 0.15) is 0 Å². The van der Waals surface area contributed by atoms with E-state index in [4.69, 9.17) is 17.3 Å². The van der Waals surface area contributed by atoms with Gasteiger partial charge in [-0.05, 0) is 30.0 Å². The molecule has 1 aromatic rings. The summed E-state index contributed by atoms with van der Waals surface area (Å²) in [7, 11) is 4.02. The van der Waals surface area contributed by atoms with Crippen LogP contribution in [0.5, 0.6) is 0 Å². The van der Waals surface area contributed by atoms with Crippen LogP contribution in [0.25, 0.3) is 0 Å². The molecule has 1 aromatic carbocycles. The first-order valence-corrected chi connectivity index (χ1v) is 6.18. The summed E-state index contributed by atoms with van der Waals surface area (Å²) in [5.74, 6) is 0.833. The zero-order valence-corrected chi connectivity index (χ0v) is 10.7. The Morgan fingerprint density at radius 2 is 2.12 bits per heavy atom. The van der Waals surface area contributed by atoms with E-state index in [9.17, 15) is 0 Å². The molecule has 0 aromatic heterocycles. The molecule has 0 saturated heterocycles. The van der Waals surface area contributed by atoms with Gasteiger partial charge in [0.15, 0.2) is 0 Å². The molecule has 0 aliphatic heterocycles. The van der Waals surface area contributed by atoms with Gasteiger partial charge in [0.05, 0.1) is 0 Å². The molecule has 16 heavy (non-hydrogen) atoms. The summed E-state index contributed by atoms with van der Waals surface area (Å²) in [5.41, 5.74) is 8.37. The van der Waals surface area contributed by atoms with Gasteiger partial charge in [-0.25, -0.2) is 0 Å². The summed E-state index contributed by atoms with van der Waals surface area (Å²) in [6, 6.07) is 6.22.